The molecule has 0 saturated carbocycles. The van der Waals surface area contributed by atoms with Crippen LogP contribution in [0.3, 0.4) is 0 Å². The van der Waals surface area contributed by atoms with E-state index in [4.69, 9.17) is 20.1 Å². The molecular formula is C13H11BrN2O4. The summed E-state index contributed by atoms with van der Waals surface area (Å²) in [5.41, 5.74) is 5.23. The van der Waals surface area contributed by atoms with Crippen molar-refractivity contribution in [3.05, 3.63) is 39.9 Å². The molecule has 1 rings (SSSR count). The van der Waals surface area contributed by atoms with Gasteiger partial charge < -0.3 is 14.9 Å². The van der Waals surface area contributed by atoms with Crippen molar-refractivity contribution in [2.24, 2.45) is 5.73 Å². The maximum absolute atomic E-state index is 11.5. The van der Waals surface area contributed by atoms with Gasteiger partial charge in [0.25, 0.3) is 0 Å². The van der Waals surface area contributed by atoms with Gasteiger partial charge >= 0.3 is 5.97 Å². The van der Waals surface area contributed by atoms with Crippen LogP contribution >= 0.6 is 15.9 Å². The van der Waals surface area contributed by atoms with Gasteiger partial charge in [-0.05, 0) is 41.1 Å². The second-order valence-corrected chi connectivity index (χ2v) is 4.46. The van der Waals surface area contributed by atoms with Crippen LogP contribution < -0.4 is 5.73 Å². The summed E-state index contributed by atoms with van der Waals surface area (Å²) in [6, 6.07) is 4.98. The van der Waals surface area contributed by atoms with Crippen LogP contribution in [0.4, 0.5) is 0 Å². The number of hydrogen-bond donors (Lipinski definition) is 1. The number of nitrogens with zero attached hydrogens (tertiary/aromatic N) is 1. The topological polar surface area (TPSA) is 106 Å². The first kappa shape index (κ1) is 15.7. The van der Waals surface area contributed by atoms with Gasteiger partial charge in [-0.1, -0.05) is 0 Å². The van der Waals surface area contributed by atoms with Crippen LogP contribution in [0.2, 0.25) is 0 Å². The van der Waals surface area contributed by atoms with E-state index < -0.39 is 18.4 Å². The minimum Gasteiger partial charge on any atom is -0.454 e. The van der Waals surface area contributed by atoms with Gasteiger partial charge in [-0.15, -0.1) is 0 Å². The quantitative estimate of drug-likeness (QED) is 0.499. The van der Waals surface area contributed by atoms with Crippen LogP contribution in [0.25, 0.3) is 6.08 Å². The van der Waals surface area contributed by atoms with E-state index >= 15 is 0 Å². The fraction of sp³-hybridized carbons (Fsp3) is 0.154. The molecule has 6 nitrogen and oxygen atoms in total. The number of furan rings is 1. The molecule has 0 saturated heterocycles. The highest BCUT2D eigenvalue weighted by atomic mass is 79.9. The Labute approximate surface area is 123 Å². The number of ether oxygens (including phenoxy) is 1. The summed E-state index contributed by atoms with van der Waals surface area (Å²) in [6.07, 6.45) is 2.51. The largest absolute Gasteiger partial charge is 0.454 e. The zero-order valence-electron chi connectivity index (χ0n) is 10.6. The summed E-state index contributed by atoms with van der Waals surface area (Å²) in [4.78, 5) is 22.9. The lowest BCUT2D eigenvalue weighted by Crippen LogP contribution is -2.16. The van der Waals surface area contributed by atoms with Gasteiger partial charge in [-0.2, -0.15) is 5.26 Å². The third-order valence-electron chi connectivity index (χ3n) is 2.11. The van der Waals surface area contributed by atoms with Crippen molar-refractivity contribution in [3.8, 4) is 6.07 Å². The lowest BCUT2D eigenvalue weighted by molar-refractivity contribution is -0.141. The molecule has 7 heteroatoms. The van der Waals surface area contributed by atoms with E-state index in [0.29, 0.717) is 10.4 Å². The van der Waals surface area contributed by atoms with Gasteiger partial charge in [0.2, 0.25) is 5.78 Å². The van der Waals surface area contributed by atoms with Crippen molar-refractivity contribution in [2.75, 3.05) is 6.61 Å². The molecule has 20 heavy (non-hydrogen) atoms. The SMILES string of the molecule is C/C(N)=C(\C#N)C(=O)COC(=O)/C=C/c1ccc(Br)o1. The highest BCUT2D eigenvalue weighted by Gasteiger charge is 2.13. The zero-order valence-corrected chi connectivity index (χ0v) is 12.1. The van der Waals surface area contributed by atoms with E-state index in [2.05, 4.69) is 15.9 Å². The normalized spacial score (nSPS) is 11.8. The van der Waals surface area contributed by atoms with Gasteiger partial charge in [0.1, 0.15) is 17.4 Å². The van der Waals surface area contributed by atoms with Crippen molar-refractivity contribution in [3.63, 3.8) is 0 Å². The van der Waals surface area contributed by atoms with E-state index in [0.717, 1.165) is 6.08 Å². The summed E-state index contributed by atoms with van der Waals surface area (Å²) in [7, 11) is 0. The van der Waals surface area contributed by atoms with Crippen LogP contribution in [0, 0.1) is 11.3 Å². The molecule has 0 aliphatic rings. The van der Waals surface area contributed by atoms with Crippen LogP contribution in [-0.4, -0.2) is 18.4 Å². The van der Waals surface area contributed by atoms with Crippen LogP contribution in [0.1, 0.15) is 12.7 Å². The summed E-state index contributed by atoms with van der Waals surface area (Å²) >= 11 is 3.12. The molecular weight excluding hydrogens is 328 g/mol. The Morgan fingerprint density at radius 2 is 2.25 bits per heavy atom. The smallest absolute Gasteiger partial charge is 0.331 e. The van der Waals surface area contributed by atoms with Crippen molar-refractivity contribution in [1.82, 2.24) is 0 Å². The van der Waals surface area contributed by atoms with Crippen LogP contribution in [0.5, 0.6) is 0 Å². The van der Waals surface area contributed by atoms with Crippen LogP contribution in [-0.2, 0) is 14.3 Å². The highest BCUT2D eigenvalue weighted by molar-refractivity contribution is 9.10. The number of allylic oxidation sites excluding steroid dienone is 1. The third kappa shape index (κ3) is 4.74. The predicted octanol–water partition coefficient (Wildman–Crippen LogP) is 1.92. The van der Waals surface area contributed by atoms with Crippen molar-refractivity contribution >= 4 is 33.8 Å². The molecule has 104 valence electrons. The Morgan fingerprint density at radius 3 is 2.75 bits per heavy atom. The Balaban J connectivity index is 2.53. The number of nitriles is 1. The molecule has 1 aromatic heterocycles. The van der Waals surface area contributed by atoms with Gasteiger partial charge in [0.15, 0.2) is 11.3 Å². The second kappa shape index (κ2) is 7.31. The number of nitrogens with two attached hydrogens (primary N) is 1. The molecule has 0 unspecified atom stereocenters. The molecule has 0 atom stereocenters. The number of halogens is 1. The molecule has 1 heterocycles. The van der Waals surface area contributed by atoms with E-state index in [1.54, 1.807) is 18.2 Å². The number of carbonyl (C=O) groups excluding carboxylic acids is 2. The second-order valence-electron chi connectivity index (χ2n) is 3.68. The monoisotopic (exact) mass is 338 g/mol. The first-order valence-corrected chi connectivity index (χ1v) is 6.23. The lowest BCUT2D eigenvalue weighted by atomic mass is 10.1. The maximum Gasteiger partial charge on any atom is 0.331 e. The molecule has 0 aliphatic carbocycles. The van der Waals surface area contributed by atoms with E-state index in [1.165, 1.54) is 13.0 Å². The van der Waals surface area contributed by atoms with Gasteiger partial charge in [-0.25, -0.2) is 4.79 Å². The van der Waals surface area contributed by atoms with E-state index in [-0.39, 0.29) is 11.3 Å². The summed E-state index contributed by atoms with van der Waals surface area (Å²) < 4.78 is 10.4. The average Bonchev–Trinajstić information content (AvgIpc) is 2.80. The van der Waals surface area contributed by atoms with Crippen molar-refractivity contribution in [2.45, 2.75) is 6.92 Å². The molecule has 1 aromatic rings. The van der Waals surface area contributed by atoms with Gasteiger partial charge in [0, 0.05) is 11.8 Å². The zero-order chi connectivity index (χ0) is 15.1. The summed E-state index contributed by atoms with van der Waals surface area (Å²) in [5.74, 6) is -0.914. The first-order chi connectivity index (χ1) is 9.43. The number of rotatable bonds is 5. The minimum atomic E-state index is -0.724. The highest BCUT2D eigenvalue weighted by Crippen LogP contribution is 2.15. The Morgan fingerprint density at radius 1 is 1.55 bits per heavy atom. The average molecular weight is 339 g/mol. The Hall–Kier alpha value is -2.33. The number of esters is 1. The number of ketones is 1. The van der Waals surface area contributed by atoms with E-state index in [9.17, 15) is 9.59 Å². The van der Waals surface area contributed by atoms with Gasteiger partial charge in [-0.3, -0.25) is 4.79 Å². The number of hydrogen-bond acceptors (Lipinski definition) is 6. The molecule has 0 bridgehead atoms. The molecule has 0 fully saturated rings. The molecule has 0 radical (unpaired) electrons. The van der Waals surface area contributed by atoms with Crippen molar-refractivity contribution in [1.29, 1.82) is 5.26 Å². The van der Waals surface area contributed by atoms with E-state index in [1.807, 2.05) is 0 Å². The number of Topliss-reactive ketones (excluding diaryl/α,β-unsaturated/α-hetero) is 1. The third-order valence-corrected chi connectivity index (χ3v) is 2.53. The maximum atomic E-state index is 11.5. The first-order valence-electron chi connectivity index (χ1n) is 5.44. The molecule has 0 spiro atoms. The minimum absolute atomic E-state index is 0.0875. The fourth-order valence-corrected chi connectivity index (χ4v) is 1.51. The molecule has 0 amide bonds. The molecule has 2 N–H and O–H groups in total. The lowest BCUT2D eigenvalue weighted by Gasteiger charge is -2.01. The molecule has 0 aromatic carbocycles. The fourth-order valence-electron chi connectivity index (χ4n) is 1.20. The summed E-state index contributed by atoms with van der Waals surface area (Å²) in [6.45, 7) is 0.884. The molecule has 0 aliphatic heterocycles. The summed E-state index contributed by atoms with van der Waals surface area (Å²) in [5, 5.41) is 8.71. The van der Waals surface area contributed by atoms with Gasteiger partial charge in [0.05, 0.1) is 0 Å². The van der Waals surface area contributed by atoms with Crippen molar-refractivity contribution < 1.29 is 18.7 Å². The predicted molar refractivity (Wildman–Crippen MR) is 73.9 cm³/mol. The Kier molecular flexibility index (Phi) is 5.74. The number of carbonyl (C=O) groups is 2. The Bertz CT molecular complexity index is 619. The standard InChI is InChI=1S/C13H11BrN2O4/c1-8(16)10(6-15)11(17)7-19-13(18)5-3-9-2-4-12(14)20-9/h2-5H,7,16H2,1H3/b5-3+,10-8-. The van der Waals surface area contributed by atoms with Crippen LogP contribution in [0.15, 0.2) is 38.6 Å².